The van der Waals surface area contributed by atoms with Crippen LogP contribution in [0.1, 0.15) is 11.5 Å². The minimum Gasteiger partial charge on any atom is -0.491 e. The molecular weight excluding hydrogens is 402 g/mol. The van der Waals surface area contributed by atoms with Crippen molar-refractivity contribution in [1.29, 1.82) is 0 Å². The molecule has 0 saturated carbocycles. The molecule has 5 heteroatoms. The molecule has 0 aromatic heterocycles. The average Bonchev–Trinajstić information content (AvgIpc) is 2.81. The van der Waals surface area contributed by atoms with E-state index in [1.165, 1.54) is 10.5 Å². The van der Waals surface area contributed by atoms with Gasteiger partial charge in [0.1, 0.15) is 5.75 Å². The number of nitrogen functional groups attached to an aromatic ring is 1. The van der Waals surface area contributed by atoms with Crippen molar-refractivity contribution in [3.05, 3.63) is 50.9 Å². The molecule has 0 saturated heterocycles. The predicted octanol–water partition coefficient (Wildman–Crippen LogP) is 5.06. The minimum absolute atomic E-state index is 0.438. The normalized spacial score (nSPS) is 17.0. The van der Waals surface area contributed by atoms with Gasteiger partial charge in [-0.3, -0.25) is 0 Å². The van der Waals surface area contributed by atoms with Crippen LogP contribution >= 0.6 is 43.6 Å². The van der Waals surface area contributed by atoms with Crippen molar-refractivity contribution in [2.45, 2.75) is 10.8 Å². The van der Waals surface area contributed by atoms with Gasteiger partial charge in [0, 0.05) is 22.3 Å². The minimum atomic E-state index is 0.438. The SMILES string of the molecule is Nc1cc(Br)c(OCC2CSc3ccccc32)c(Br)c1. The summed E-state index contributed by atoms with van der Waals surface area (Å²) in [6, 6.07) is 12.3. The second-order valence-corrected chi connectivity index (χ2v) is 7.44. The number of hydrogen-bond acceptors (Lipinski definition) is 3. The number of rotatable bonds is 3. The molecule has 1 atom stereocenters. The summed E-state index contributed by atoms with van der Waals surface area (Å²) in [5.74, 6) is 2.32. The monoisotopic (exact) mass is 413 g/mol. The van der Waals surface area contributed by atoms with Gasteiger partial charge < -0.3 is 10.5 Å². The van der Waals surface area contributed by atoms with Gasteiger partial charge in [0.2, 0.25) is 0 Å². The lowest BCUT2D eigenvalue weighted by Gasteiger charge is -2.15. The second-order valence-electron chi connectivity index (χ2n) is 4.67. The summed E-state index contributed by atoms with van der Waals surface area (Å²) < 4.78 is 7.76. The number of ether oxygens (including phenoxy) is 1. The number of fused-ring (bicyclic) bond motifs is 1. The molecule has 2 aromatic carbocycles. The van der Waals surface area contributed by atoms with E-state index >= 15 is 0 Å². The van der Waals surface area contributed by atoms with Crippen LogP contribution in [-0.2, 0) is 0 Å². The van der Waals surface area contributed by atoms with Crippen molar-refractivity contribution in [1.82, 2.24) is 0 Å². The number of benzene rings is 2. The quantitative estimate of drug-likeness (QED) is 0.712. The first-order valence-electron chi connectivity index (χ1n) is 6.24. The molecule has 2 N–H and O–H groups in total. The number of anilines is 1. The molecule has 104 valence electrons. The molecule has 20 heavy (non-hydrogen) atoms. The van der Waals surface area contributed by atoms with E-state index < -0.39 is 0 Å². The molecule has 0 aliphatic carbocycles. The first kappa shape index (κ1) is 14.3. The number of halogens is 2. The molecule has 1 heterocycles. The zero-order valence-corrected chi connectivity index (χ0v) is 14.6. The topological polar surface area (TPSA) is 35.2 Å². The maximum atomic E-state index is 6.00. The van der Waals surface area contributed by atoms with Gasteiger partial charge in [-0.15, -0.1) is 11.8 Å². The van der Waals surface area contributed by atoms with Crippen molar-refractivity contribution in [3.63, 3.8) is 0 Å². The van der Waals surface area contributed by atoms with Crippen LogP contribution in [0.4, 0.5) is 5.69 Å². The van der Waals surface area contributed by atoms with E-state index in [1.807, 2.05) is 23.9 Å². The summed E-state index contributed by atoms with van der Waals surface area (Å²) in [5.41, 5.74) is 7.89. The molecule has 1 aliphatic heterocycles. The number of nitrogens with two attached hydrogens (primary N) is 1. The Morgan fingerprint density at radius 2 is 1.90 bits per heavy atom. The molecule has 2 nitrogen and oxygen atoms in total. The van der Waals surface area contributed by atoms with Crippen LogP contribution in [0.15, 0.2) is 50.2 Å². The zero-order chi connectivity index (χ0) is 14.1. The molecule has 2 aromatic rings. The molecule has 0 fully saturated rings. The van der Waals surface area contributed by atoms with Gasteiger partial charge in [0.15, 0.2) is 0 Å². The van der Waals surface area contributed by atoms with Crippen LogP contribution in [0.25, 0.3) is 0 Å². The Balaban J connectivity index is 1.76. The number of thioether (sulfide) groups is 1. The van der Waals surface area contributed by atoms with E-state index in [0.717, 1.165) is 20.4 Å². The molecule has 0 bridgehead atoms. The van der Waals surface area contributed by atoms with Crippen molar-refractivity contribution < 1.29 is 4.74 Å². The van der Waals surface area contributed by atoms with Crippen LogP contribution in [0.2, 0.25) is 0 Å². The molecule has 0 radical (unpaired) electrons. The van der Waals surface area contributed by atoms with Crippen LogP contribution in [-0.4, -0.2) is 12.4 Å². The zero-order valence-electron chi connectivity index (χ0n) is 10.6. The third-order valence-electron chi connectivity index (χ3n) is 3.25. The van der Waals surface area contributed by atoms with E-state index in [-0.39, 0.29) is 0 Å². The summed E-state index contributed by atoms with van der Waals surface area (Å²) in [6.45, 7) is 0.672. The van der Waals surface area contributed by atoms with E-state index in [4.69, 9.17) is 10.5 Å². The third kappa shape index (κ3) is 2.85. The van der Waals surface area contributed by atoms with Gasteiger partial charge in [-0.05, 0) is 55.6 Å². The van der Waals surface area contributed by atoms with Crippen LogP contribution in [0.3, 0.4) is 0 Å². The Hall–Kier alpha value is -0.650. The number of hydrogen-bond donors (Lipinski definition) is 1. The fourth-order valence-corrected chi connectivity index (χ4v) is 4.95. The first-order valence-corrected chi connectivity index (χ1v) is 8.81. The lowest BCUT2D eigenvalue weighted by Crippen LogP contribution is -2.10. The van der Waals surface area contributed by atoms with Gasteiger partial charge in [-0.1, -0.05) is 18.2 Å². The molecule has 0 amide bonds. The lowest BCUT2D eigenvalue weighted by molar-refractivity contribution is 0.294. The van der Waals surface area contributed by atoms with Crippen LogP contribution < -0.4 is 10.5 Å². The first-order chi connectivity index (χ1) is 9.65. The van der Waals surface area contributed by atoms with Gasteiger partial charge in [-0.2, -0.15) is 0 Å². The van der Waals surface area contributed by atoms with Crippen molar-refractivity contribution in [3.8, 4) is 5.75 Å². The highest BCUT2D eigenvalue weighted by molar-refractivity contribution is 9.11. The van der Waals surface area contributed by atoms with Gasteiger partial charge in [0.05, 0.1) is 15.6 Å². The highest BCUT2D eigenvalue weighted by Gasteiger charge is 2.23. The predicted molar refractivity (Wildman–Crippen MR) is 91.7 cm³/mol. The Morgan fingerprint density at radius 3 is 2.65 bits per heavy atom. The standard InChI is InChI=1S/C15H13Br2NOS/c16-12-5-10(18)6-13(17)15(12)19-7-9-8-20-14-4-2-1-3-11(9)14/h1-6,9H,7-8,18H2. The van der Waals surface area contributed by atoms with E-state index in [9.17, 15) is 0 Å². The molecule has 3 rings (SSSR count). The van der Waals surface area contributed by atoms with Crippen molar-refractivity contribution in [2.24, 2.45) is 0 Å². The highest BCUT2D eigenvalue weighted by Crippen LogP contribution is 2.41. The highest BCUT2D eigenvalue weighted by atomic mass is 79.9. The van der Waals surface area contributed by atoms with Crippen molar-refractivity contribution in [2.75, 3.05) is 18.1 Å². The van der Waals surface area contributed by atoms with Crippen molar-refractivity contribution >= 4 is 49.3 Å². The van der Waals surface area contributed by atoms with E-state index in [0.29, 0.717) is 18.2 Å². The molecule has 1 unspecified atom stereocenters. The van der Waals surface area contributed by atoms with Gasteiger partial charge in [0.25, 0.3) is 0 Å². The molecule has 0 spiro atoms. The van der Waals surface area contributed by atoms with Crippen LogP contribution in [0, 0.1) is 0 Å². The average molecular weight is 415 g/mol. The third-order valence-corrected chi connectivity index (χ3v) is 5.68. The maximum absolute atomic E-state index is 6.00. The summed E-state index contributed by atoms with van der Waals surface area (Å²) in [6.07, 6.45) is 0. The Morgan fingerprint density at radius 1 is 1.20 bits per heavy atom. The van der Waals surface area contributed by atoms with Gasteiger partial charge in [-0.25, -0.2) is 0 Å². The molecular formula is C15H13Br2NOS. The Labute approximate surface area is 139 Å². The summed E-state index contributed by atoms with van der Waals surface area (Å²) in [7, 11) is 0. The fourth-order valence-electron chi connectivity index (χ4n) is 2.27. The molecule has 1 aliphatic rings. The van der Waals surface area contributed by atoms with E-state index in [1.54, 1.807) is 0 Å². The Bertz CT molecular complexity index is 625. The smallest absolute Gasteiger partial charge is 0.147 e. The Kier molecular flexibility index (Phi) is 4.29. The second kappa shape index (κ2) is 6.00. The maximum Gasteiger partial charge on any atom is 0.147 e. The fraction of sp³-hybridized carbons (Fsp3) is 0.200. The summed E-state index contributed by atoms with van der Waals surface area (Å²) in [4.78, 5) is 1.37. The summed E-state index contributed by atoms with van der Waals surface area (Å²) >= 11 is 8.90. The van der Waals surface area contributed by atoms with Gasteiger partial charge >= 0.3 is 0 Å². The summed E-state index contributed by atoms with van der Waals surface area (Å²) in [5, 5.41) is 0. The van der Waals surface area contributed by atoms with Crippen LogP contribution in [0.5, 0.6) is 5.75 Å². The lowest BCUT2D eigenvalue weighted by atomic mass is 10.0. The largest absolute Gasteiger partial charge is 0.491 e. The van der Waals surface area contributed by atoms with E-state index in [2.05, 4.69) is 56.1 Å².